The number of esters is 1. The molecule has 0 atom stereocenters. The van der Waals surface area contributed by atoms with Crippen molar-refractivity contribution in [1.82, 2.24) is 0 Å². The third-order valence-corrected chi connectivity index (χ3v) is 3.64. The average molecular weight is 326 g/mol. The van der Waals surface area contributed by atoms with Crippen molar-refractivity contribution in [3.63, 3.8) is 0 Å². The third-order valence-electron chi connectivity index (χ3n) is 3.64. The number of nitro groups is 1. The molecular weight excluding hydrogens is 316 g/mol. The minimum atomic E-state index is -0.848. The molecule has 0 aliphatic carbocycles. The number of nitrogens with zero attached hydrogens (tertiary/aromatic N) is 2. The molecule has 1 heterocycles. The molecular formula is C16H10N2O6. The van der Waals surface area contributed by atoms with Gasteiger partial charge in [-0.15, -0.1) is 0 Å². The molecule has 120 valence electrons. The maximum Gasteiger partial charge on any atom is 0.339 e. The van der Waals surface area contributed by atoms with Gasteiger partial charge < -0.3 is 4.74 Å². The standard InChI is InChI=1S/C16H10N2O6/c1-24-16(21)9-5-2-3-7-11(9)17-14(19)10-6-4-8-12(18(22)23)13(10)15(17)20/h2-8H,1H3. The van der Waals surface area contributed by atoms with Crippen LogP contribution in [0.4, 0.5) is 11.4 Å². The lowest BCUT2D eigenvalue weighted by Gasteiger charge is -2.16. The second kappa shape index (κ2) is 5.58. The number of carbonyl (C=O) groups excluding carboxylic acids is 3. The molecule has 24 heavy (non-hydrogen) atoms. The van der Waals surface area contributed by atoms with Crippen molar-refractivity contribution in [3.8, 4) is 0 Å². The normalized spacial score (nSPS) is 13.0. The van der Waals surface area contributed by atoms with Crippen LogP contribution in [0.5, 0.6) is 0 Å². The quantitative estimate of drug-likeness (QED) is 0.370. The van der Waals surface area contributed by atoms with E-state index < -0.39 is 28.4 Å². The molecule has 2 aromatic carbocycles. The van der Waals surface area contributed by atoms with Gasteiger partial charge in [-0.25, -0.2) is 9.69 Å². The Hall–Kier alpha value is -3.55. The highest BCUT2D eigenvalue weighted by Gasteiger charge is 2.42. The summed E-state index contributed by atoms with van der Waals surface area (Å²) in [6.07, 6.45) is 0. The zero-order valence-corrected chi connectivity index (χ0v) is 12.4. The minimum absolute atomic E-state index is 0.0113. The summed E-state index contributed by atoms with van der Waals surface area (Å²) in [7, 11) is 1.17. The molecule has 0 N–H and O–H groups in total. The Bertz CT molecular complexity index is 905. The van der Waals surface area contributed by atoms with Gasteiger partial charge in [-0.3, -0.25) is 19.7 Å². The van der Waals surface area contributed by atoms with E-state index in [0.717, 1.165) is 11.0 Å². The van der Waals surface area contributed by atoms with Crippen LogP contribution >= 0.6 is 0 Å². The van der Waals surface area contributed by atoms with E-state index in [9.17, 15) is 24.5 Å². The van der Waals surface area contributed by atoms with E-state index in [1.807, 2.05) is 0 Å². The summed E-state index contributed by atoms with van der Waals surface area (Å²) in [5, 5.41) is 11.1. The maximum absolute atomic E-state index is 12.6. The van der Waals surface area contributed by atoms with E-state index in [1.165, 1.54) is 31.4 Å². The maximum atomic E-state index is 12.6. The van der Waals surface area contributed by atoms with Crippen LogP contribution in [0.25, 0.3) is 0 Å². The predicted molar refractivity (Wildman–Crippen MR) is 82.0 cm³/mol. The van der Waals surface area contributed by atoms with Crippen LogP contribution in [0, 0.1) is 10.1 Å². The second-order valence-electron chi connectivity index (χ2n) is 4.91. The second-order valence-corrected chi connectivity index (χ2v) is 4.91. The van der Waals surface area contributed by atoms with Gasteiger partial charge in [0.05, 0.1) is 28.8 Å². The van der Waals surface area contributed by atoms with Crippen LogP contribution < -0.4 is 4.90 Å². The van der Waals surface area contributed by atoms with Gasteiger partial charge >= 0.3 is 5.97 Å². The van der Waals surface area contributed by atoms with Crippen molar-refractivity contribution in [2.24, 2.45) is 0 Å². The molecule has 3 rings (SSSR count). The number of anilines is 1. The minimum Gasteiger partial charge on any atom is -0.465 e. The third kappa shape index (κ3) is 2.12. The lowest BCUT2D eigenvalue weighted by molar-refractivity contribution is -0.385. The highest BCUT2D eigenvalue weighted by molar-refractivity contribution is 6.36. The summed E-state index contributed by atoms with van der Waals surface area (Å²) in [5.74, 6) is -2.30. The molecule has 0 unspecified atom stereocenters. The molecule has 0 saturated heterocycles. The number of rotatable bonds is 3. The Kier molecular flexibility index (Phi) is 3.57. The molecule has 8 nitrogen and oxygen atoms in total. The van der Waals surface area contributed by atoms with Gasteiger partial charge in [0.15, 0.2) is 0 Å². The van der Waals surface area contributed by atoms with Crippen LogP contribution in [0.2, 0.25) is 0 Å². The monoisotopic (exact) mass is 326 g/mol. The van der Waals surface area contributed by atoms with E-state index in [-0.39, 0.29) is 22.4 Å². The highest BCUT2D eigenvalue weighted by Crippen LogP contribution is 2.35. The Morgan fingerprint density at radius 1 is 1.08 bits per heavy atom. The highest BCUT2D eigenvalue weighted by atomic mass is 16.6. The van der Waals surface area contributed by atoms with Crippen molar-refractivity contribution >= 4 is 29.2 Å². The molecule has 1 aliphatic heterocycles. The topological polar surface area (TPSA) is 107 Å². The van der Waals surface area contributed by atoms with E-state index in [4.69, 9.17) is 0 Å². The number of ether oxygens (including phenoxy) is 1. The Labute approximate surface area is 135 Å². The first-order valence-electron chi connectivity index (χ1n) is 6.81. The number of nitro benzene ring substituents is 1. The lowest BCUT2D eigenvalue weighted by atomic mass is 10.1. The largest absolute Gasteiger partial charge is 0.465 e. The molecule has 0 radical (unpaired) electrons. The Morgan fingerprint density at radius 2 is 1.79 bits per heavy atom. The van der Waals surface area contributed by atoms with Gasteiger partial charge in [-0.05, 0) is 18.2 Å². The van der Waals surface area contributed by atoms with Gasteiger partial charge in [0, 0.05) is 6.07 Å². The Balaban J connectivity index is 2.19. The van der Waals surface area contributed by atoms with Crippen LogP contribution in [0.1, 0.15) is 31.1 Å². The summed E-state index contributed by atoms with van der Waals surface area (Å²) in [6.45, 7) is 0. The van der Waals surface area contributed by atoms with E-state index >= 15 is 0 Å². The number of fused-ring (bicyclic) bond motifs is 1. The molecule has 0 aromatic heterocycles. The summed E-state index contributed by atoms with van der Waals surface area (Å²) in [6, 6.07) is 9.72. The van der Waals surface area contributed by atoms with Gasteiger partial charge in [0.2, 0.25) is 0 Å². The summed E-state index contributed by atoms with van der Waals surface area (Å²) >= 11 is 0. The van der Waals surface area contributed by atoms with Gasteiger partial charge in [0.1, 0.15) is 5.56 Å². The van der Waals surface area contributed by atoms with E-state index in [0.29, 0.717) is 0 Å². The molecule has 2 aromatic rings. The molecule has 0 saturated carbocycles. The zero-order chi connectivity index (χ0) is 17.4. The first-order valence-corrected chi connectivity index (χ1v) is 6.81. The summed E-state index contributed by atoms with van der Waals surface area (Å²) < 4.78 is 4.65. The van der Waals surface area contributed by atoms with E-state index in [2.05, 4.69) is 4.74 Å². The van der Waals surface area contributed by atoms with Crippen molar-refractivity contribution in [2.45, 2.75) is 0 Å². The average Bonchev–Trinajstić information content (AvgIpc) is 2.85. The number of hydrogen-bond donors (Lipinski definition) is 0. The Morgan fingerprint density at radius 3 is 2.46 bits per heavy atom. The van der Waals surface area contributed by atoms with Crippen molar-refractivity contribution in [1.29, 1.82) is 0 Å². The van der Waals surface area contributed by atoms with Crippen LogP contribution in [0.15, 0.2) is 42.5 Å². The fraction of sp³-hybridized carbons (Fsp3) is 0.0625. The lowest BCUT2D eigenvalue weighted by Crippen LogP contribution is -2.31. The SMILES string of the molecule is COC(=O)c1ccccc1N1C(=O)c2cccc([N+](=O)[O-])c2C1=O. The summed E-state index contributed by atoms with van der Waals surface area (Å²) in [5.41, 5.74) is -0.785. The fourth-order valence-corrected chi connectivity index (χ4v) is 2.59. The number of amides is 2. The first kappa shape index (κ1) is 15.3. The van der Waals surface area contributed by atoms with Crippen LogP contribution in [-0.4, -0.2) is 29.8 Å². The van der Waals surface area contributed by atoms with Crippen molar-refractivity contribution < 1.29 is 24.0 Å². The molecule has 0 bridgehead atoms. The smallest absolute Gasteiger partial charge is 0.339 e. The van der Waals surface area contributed by atoms with Crippen molar-refractivity contribution in [2.75, 3.05) is 12.0 Å². The number of methoxy groups -OCH3 is 1. The van der Waals surface area contributed by atoms with Gasteiger partial charge in [-0.2, -0.15) is 0 Å². The molecule has 2 amide bonds. The molecule has 0 fully saturated rings. The number of benzene rings is 2. The molecule has 8 heteroatoms. The van der Waals surface area contributed by atoms with E-state index in [1.54, 1.807) is 12.1 Å². The molecule has 0 spiro atoms. The fourth-order valence-electron chi connectivity index (χ4n) is 2.59. The number of carbonyl (C=O) groups is 3. The molecule has 1 aliphatic rings. The van der Waals surface area contributed by atoms with Crippen LogP contribution in [-0.2, 0) is 4.74 Å². The van der Waals surface area contributed by atoms with Gasteiger partial charge in [0.25, 0.3) is 17.5 Å². The number of para-hydroxylation sites is 1. The zero-order valence-electron chi connectivity index (χ0n) is 12.4. The van der Waals surface area contributed by atoms with Gasteiger partial charge in [-0.1, -0.05) is 18.2 Å². The number of hydrogen-bond acceptors (Lipinski definition) is 6. The summed E-state index contributed by atoms with van der Waals surface area (Å²) in [4.78, 5) is 48.3. The predicted octanol–water partition coefficient (Wildman–Crippen LogP) is 2.18. The first-order chi connectivity index (χ1) is 11.5. The number of imide groups is 1. The van der Waals surface area contributed by atoms with Crippen molar-refractivity contribution in [3.05, 3.63) is 69.3 Å². The van der Waals surface area contributed by atoms with Crippen LogP contribution in [0.3, 0.4) is 0 Å².